The van der Waals surface area contributed by atoms with Gasteiger partial charge in [-0.2, -0.15) is 0 Å². The molecule has 1 atom stereocenters. The van der Waals surface area contributed by atoms with Crippen molar-refractivity contribution in [1.29, 1.82) is 0 Å². The van der Waals surface area contributed by atoms with E-state index < -0.39 is 28.6 Å². The minimum atomic E-state index is -3.84. The van der Waals surface area contributed by atoms with Gasteiger partial charge in [-0.25, -0.2) is 17.9 Å². The number of aliphatic hydroxyl groups excluding tert-OH is 1. The molecule has 0 heterocycles. The average molecular weight is 302 g/mol. The molecule has 4 N–H and O–H groups in total. The molecule has 0 fully saturated rings. The van der Waals surface area contributed by atoms with Crippen molar-refractivity contribution in [2.45, 2.75) is 24.3 Å². The van der Waals surface area contributed by atoms with Crippen LogP contribution in [0.15, 0.2) is 23.1 Å². The maximum Gasteiger partial charge on any atom is 0.336 e. The Morgan fingerprint density at radius 2 is 2.15 bits per heavy atom. The number of carbonyl (C=O) groups is 1. The summed E-state index contributed by atoms with van der Waals surface area (Å²) in [6, 6.07) is 4.38. The number of methoxy groups -OCH3 is 1. The molecule has 0 aromatic heterocycles. The van der Waals surface area contributed by atoms with Gasteiger partial charge in [0.25, 0.3) is 0 Å². The van der Waals surface area contributed by atoms with E-state index in [0.29, 0.717) is 12.1 Å². The topological polar surface area (TPSA) is 119 Å². The third-order valence-electron chi connectivity index (χ3n) is 2.75. The molecule has 1 unspecified atom stereocenters. The number of sulfonamides is 1. The van der Waals surface area contributed by atoms with Crippen molar-refractivity contribution in [3.05, 3.63) is 23.8 Å². The number of aryl methyl sites for hydroxylation is 1. The van der Waals surface area contributed by atoms with Crippen LogP contribution in [0.1, 0.15) is 12.5 Å². The molecule has 1 aromatic carbocycles. The molecule has 1 aromatic rings. The Balaban J connectivity index is 2.84. The molecule has 7 nitrogen and oxygen atoms in total. The summed E-state index contributed by atoms with van der Waals surface area (Å²) >= 11 is 0. The molecule has 0 aliphatic carbocycles. The number of nitrogen functional groups attached to an aromatic ring is 1. The molecule has 0 radical (unpaired) electrons. The zero-order valence-electron chi connectivity index (χ0n) is 11.3. The van der Waals surface area contributed by atoms with Gasteiger partial charge in [0, 0.05) is 12.2 Å². The molecule has 0 saturated heterocycles. The highest BCUT2D eigenvalue weighted by Gasteiger charge is 2.20. The molecule has 112 valence electrons. The number of carbonyl (C=O) groups excluding carboxylic acids is 1. The molecule has 0 saturated carbocycles. The molecule has 0 spiro atoms. The van der Waals surface area contributed by atoms with Gasteiger partial charge in [-0.05, 0) is 24.1 Å². The lowest BCUT2D eigenvalue weighted by Gasteiger charge is -2.11. The van der Waals surface area contributed by atoms with Gasteiger partial charge in [-0.1, -0.05) is 13.0 Å². The summed E-state index contributed by atoms with van der Waals surface area (Å²) in [4.78, 5) is 11.0. The Morgan fingerprint density at radius 1 is 1.50 bits per heavy atom. The van der Waals surface area contributed by atoms with Crippen LogP contribution in [-0.2, 0) is 26.0 Å². The Hall–Kier alpha value is -1.64. The minimum absolute atomic E-state index is 0.0238. The standard InChI is InChI=1S/C12H18N2O5S/c1-3-8-4-5-9(6-10(8)13)20(17,18)14-7-11(15)12(16)19-2/h4-6,11,14-15H,3,7,13H2,1-2H3. The minimum Gasteiger partial charge on any atom is -0.467 e. The lowest BCUT2D eigenvalue weighted by atomic mass is 10.1. The van der Waals surface area contributed by atoms with Gasteiger partial charge in [0.2, 0.25) is 10.0 Å². The molecule has 1 rings (SSSR count). The zero-order chi connectivity index (χ0) is 15.3. The van der Waals surface area contributed by atoms with Crippen LogP contribution in [0.5, 0.6) is 0 Å². The van der Waals surface area contributed by atoms with Crippen LogP contribution in [0.3, 0.4) is 0 Å². The number of hydrogen-bond donors (Lipinski definition) is 3. The summed E-state index contributed by atoms with van der Waals surface area (Å²) in [6.07, 6.45) is -0.859. The summed E-state index contributed by atoms with van der Waals surface area (Å²) in [5.74, 6) is -0.909. The van der Waals surface area contributed by atoms with Crippen LogP contribution in [0, 0.1) is 0 Å². The fraction of sp³-hybridized carbons (Fsp3) is 0.417. The first-order valence-electron chi connectivity index (χ1n) is 5.95. The predicted octanol–water partition coefficient (Wildman–Crippen LogP) is -0.357. The highest BCUT2D eigenvalue weighted by Crippen LogP contribution is 2.18. The molecule has 0 aliphatic heterocycles. The highest BCUT2D eigenvalue weighted by molar-refractivity contribution is 7.89. The van der Waals surface area contributed by atoms with Crippen LogP contribution in [0.25, 0.3) is 0 Å². The Morgan fingerprint density at radius 3 is 2.65 bits per heavy atom. The van der Waals surface area contributed by atoms with Crippen LogP contribution in [0.2, 0.25) is 0 Å². The lowest BCUT2D eigenvalue weighted by Crippen LogP contribution is -2.37. The lowest BCUT2D eigenvalue weighted by molar-refractivity contribution is -0.149. The number of aliphatic hydroxyl groups is 1. The smallest absolute Gasteiger partial charge is 0.336 e. The van der Waals surface area contributed by atoms with Gasteiger partial charge in [-0.3, -0.25) is 0 Å². The maximum atomic E-state index is 12.0. The molecular weight excluding hydrogens is 284 g/mol. The zero-order valence-corrected chi connectivity index (χ0v) is 12.1. The van der Waals surface area contributed by atoms with Crippen LogP contribution in [0.4, 0.5) is 5.69 Å². The Bertz CT molecular complexity index is 586. The first-order valence-corrected chi connectivity index (χ1v) is 7.44. The van der Waals surface area contributed by atoms with Gasteiger partial charge in [0.15, 0.2) is 6.10 Å². The third kappa shape index (κ3) is 3.92. The van der Waals surface area contributed by atoms with Gasteiger partial charge >= 0.3 is 5.97 Å². The molecular formula is C12H18N2O5S. The van der Waals surface area contributed by atoms with E-state index in [0.717, 1.165) is 12.7 Å². The molecule has 0 aliphatic rings. The van der Waals surface area contributed by atoms with E-state index in [-0.39, 0.29) is 4.90 Å². The molecule has 0 bridgehead atoms. The van der Waals surface area contributed by atoms with E-state index in [4.69, 9.17) is 5.73 Å². The van der Waals surface area contributed by atoms with Crippen molar-refractivity contribution in [2.75, 3.05) is 19.4 Å². The first kappa shape index (κ1) is 16.4. The SMILES string of the molecule is CCc1ccc(S(=O)(=O)NCC(O)C(=O)OC)cc1N. The van der Waals surface area contributed by atoms with Crippen LogP contribution >= 0.6 is 0 Å². The van der Waals surface area contributed by atoms with Crippen LogP contribution < -0.4 is 10.5 Å². The van der Waals surface area contributed by atoms with E-state index >= 15 is 0 Å². The van der Waals surface area contributed by atoms with E-state index in [9.17, 15) is 18.3 Å². The average Bonchev–Trinajstić information content (AvgIpc) is 2.43. The fourth-order valence-electron chi connectivity index (χ4n) is 1.55. The van der Waals surface area contributed by atoms with Crippen LogP contribution in [-0.4, -0.2) is 39.3 Å². The quantitative estimate of drug-likeness (QED) is 0.488. The summed E-state index contributed by atoms with van der Waals surface area (Å²) in [5.41, 5.74) is 6.96. The van der Waals surface area contributed by atoms with Crippen molar-refractivity contribution < 1.29 is 23.1 Å². The number of rotatable bonds is 6. The monoisotopic (exact) mass is 302 g/mol. The second-order valence-electron chi connectivity index (χ2n) is 4.11. The summed E-state index contributed by atoms with van der Waals surface area (Å²) in [5, 5.41) is 9.34. The Kier molecular flexibility index (Phi) is 5.49. The number of hydrogen-bond acceptors (Lipinski definition) is 6. The van der Waals surface area contributed by atoms with E-state index in [2.05, 4.69) is 9.46 Å². The number of nitrogens with one attached hydrogen (secondary N) is 1. The Labute approximate surface area is 117 Å². The second-order valence-corrected chi connectivity index (χ2v) is 5.87. The number of nitrogens with two attached hydrogens (primary N) is 1. The highest BCUT2D eigenvalue weighted by atomic mass is 32.2. The molecule has 0 amide bonds. The van der Waals surface area contributed by atoms with Crippen molar-refractivity contribution in [3.63, 3.8) is 0 Å². The fourth-order valence-corrected chi connectivity index (χ4v) is 2.63. The van der Waals surface area contributed by atoms with Crippen molar-refractivity contribution in [1.82, 2.24) is 4.72 Å². The van der Waals surface area contributed by atoms with E-state index in [1.807, 2.05) is 6.92 Å². The predicted molar refractivity (Wildman–Crippen MR) is 73.4 cm³/mol. The second kappa shape index (κ2) is 6.69. The molecule has 20 heavy (non-hydrogen) atoms. The van der Waals surface area contributed by atoms with Crippen molar-refractivity contribution in [3.8, 4) is 0 Å². The summed E-state index contributed by atoms with van der Waals surface area (Å²) in [7, 11) is -2.74. The van der Waals surface area contributed by atoms with Crippen molar-refractivity contribution in [2.24, 2.45) is 0 Å². The number of ether oxygens (including phenoxy) is 1. The normalized spacial score (nSPS) is 12.9. The number of esters is 1. The largest absolute Gasteiger partial charge is 0.467 e. The maximum absolute atomic E-state index is 12.0. The number of anilines is 1. The van der Waals surface area contributed by atoms with Gasteiger partial charge in [0.05, 0.1) is 12.0 Å². The first-order chi connectivity index (χ1) is 9.31. The van der Waals surface area contributed by atoms with E-state index in [1.54, 1.807) is 6.07 Å². The van der Waals surface area contributed by atoms with Gasteiger partial charge in [0.1, 0.15) is 0 Å². The van der Waals surface area contributed by atoms with Gasteiger partial charge < -0.3 is 15.6 Å². The summed E-state index contributed by atoms with van der Waals surface area (Å²) in [6.45, 7) is 1.44. The number of benzene rings is 1. The van der Waals surface area contributed by atoms with Crippen molar-refractivity contribution >= 4 is 21.7 Å². The van der Waals surface area contributed by atoms with E-state index in [1.165, 1.54) is 12.1 Å². The van der Waals surface area contributed by atoms with Gasteiger partial charge in [-0.15, -0.1) is 0 Å². The third-order valence-corrected chi connectivity index (χ3v) is 4.17. The molecule has 8 heteroatoms. The summed E-state index contributed by atoms with van der Waals surface area (Å²) < 4.78 is 30.3.